The summed E-state index contributed by atoms with van der Waals surface area (Å²) in [6.45, 7) is 6.72. The highest BCUT2D eigenvalue weighted by atomic mass is 35.5. The fourth-order valence-electron chi connectivity index (χ4n) is 1.35. The van der Waals surface area contributed by atoms with Crippen molar-refractivity contribution in [2.75, 3.05) is 6.54 Å². The van der Waals surface area contributed by atoms with Crippen molar-refractivity contribution in [1.29, 1.82) is 0 Å². The van der Waals surface area contributed by atoms with Crippen molar-refractivity contribution in [3.63, 3.8) is 0 Å². The minimum absolute atomic E-state index is 0.279. The Morgan fingerprint density at radius 3 is 3.00 bits per heavy atom. The zero-order chi connectivity index (χ0) is 11.1. The van der Waals surface area contributed by atoms with Gasteiger partial charge in [-0.25, -0.2) is 9.67 Å². The third kappa shape index (κ3) is 4.18. The van der Waals surface area contributed by atoms with Crippen molar-refractivity contribution in [1.82, 2.24) is 20.1 Å². The Labute approximate surface area is 96.0 Å². The minimum Gasteiger partial charge on any atom is -0.310 e. The predicted molar refractivity (Wildman–Crippen MR) is 62.0 cm³/mol. The normalized spacial score (nSPS) is 13.0. The average molecular weight is 231 g/mol. The summed E-state index contributed by atoms with van der Waals surface area (Å²) < 4.78 is 1.89. The van der Waals surface area contributed by atoms with Gasteiger partial charge in [0.15, 0.2) is 0 Å². The van der Waals surface area contributed by atoms with Crippen LogP contribution in [-0.4, -0.2) is 26.7 Å². The van der Waals surface area contributed by atoms with Crippen molar-refractivity contribution in [2.45, 2.75) is 45.2 Å². The monoisotopic (exact) mass is 230 g/mol. The molecule has 1 N–H and O–H groups in total. The largest absolute Gasteiger partial charge is 0.310 e. The molecule has 0 aromatic carbocycles. The number of rotatable bonds is 7. The van der Waals surface area contributed by atoms with Gasteiger partial charge in [0.05, 0.1) is 6.54 Å². The van der Waals surface area contributed by atoms with E-state index in [4.69, 9.17) is 11.6 Å². The maximum absolute atomic E-state index is 6.01. The van der Waals surface area contributed by atoms with Gasteiger partial charge < -0.3 is 5.32 Å². The molecule has 1 rings (SSSR count). The summed E-state index contributed by atoms with van der Waals surface area (Å²) in [5.74, 6) is 0.986. The molecule has 0 radical (unpaired) electrons. The lowest BCUT2D eigenvalue weighted by atomic mass is 10.2. The SMILES string of the molecule is CCC(Cl)CCNCc1ncnn1CC. The van der Waals surface area contributed by atoms with Crippen LogP contribution in [0.5, 0.6) is 0 Å². The summed E-state index contributed by atoms with van der Waals surface area (Å²) in [5, 5.41) is 7.70. The fourth-order valence-corrected chi connectivity index (χ4v) is 1.46. The van der Waals surface area contributed by atoms with E-state index < -0.39 is 0 Å². The fraction of sp³-hybridized carbons (Fsp3) is 0.800. The molecule has 0 aliphatic carbocycles. The van der Waals surface area contributed by atoms with E-state index in [0.29, 0.717) is 0 Å². The smallest absolute Gasteiger partial charge is 0.140 e. The van der Waals surface area contributed by atoms with Gasteiger partial charge in [-0.3, -0.25) is 0 Å². The highest BCUT2D eigenvalue weighted by molar-refractivity contribution is 6.20. The molecule has 1 atom stereocenters. The Balaban J connectivity index is 2.20. The van der Waals surface area contributed by atoms with E-state index in [0.717, 1.165) is 38.3 Å². The van der Waals surface area contributed by atoms with E-state index in [9.17, 15) is 0 Å². The van der Waals surface area contributed by atoms with Crippen LogP contribution in [0.1, 0.15) is 32.5 Å². The average Bonchev–Trinajstić information content (AvgIpc) is 2.71. The van der Waals surface area contributed by atoms with Crippen molar-refractivity contribution in [3.05, 3.63) is 12.2 Å². The number of alkyl halides is 1. The number of hydrogen-bond acceptors (Lipinski definition) is 3. The summed E-state index contributed by atoms with van der Waals surface area (Å²) in [6, 6.07) is 0. The van der Waals surface area contributed by atoms with Gasteiger partial charge in [0.1, 0.15) is 12.2 Å². The number of hydrogen-bond donors (Lipinski definition) is 1. The molecule has 15 heavy (non-hydrogen) atoms. The minimum atomic E-state index is 0.279. The number of halogens is 1. The van der Waals surface area contributed by atoms with Crippen LogP contribution in [-0.2, 0) is 13.1 Å². The second-order valence-corrected chi connectivity index (χ2v) is 4.08. The maximum Gasteiger partial charge on any atom is 0.140 e. The number of nitrogens with one attached hydrogen (secondary N) is 1. The summed E-state index contributed by atoms with van der Waals surface area (Å²) in [6.07, 6.45) is 3.61. The molecule has 5 heteroatoms. The van der Waals surface area contributed by atoms with Gasteiger partial charge in [0.25, 0.3) is 0 Å². The van der Waals surface area contributed by atoms with E-state index in [1.165, 1.54) is 0 Å². The quantitative estimate of drug-likeness (QED) is 0.574. The molecule has 0 saturated heterocycles. The summed E-state index contributed by atoms with van der Waals surface area (Å²) in [5.41, 5.74) is 0. The Morgan fingerprint density at radius 2 is 2.33 bits per heavy atom. The van der Waals surface area contributed by atoms with Gasteiger partial charge >= 0.3 is 0 Å². The lowest BCUT2D eigenvalue weighted by Gasteiger charge is -2.07. The van der Waals surface area contributed by atoms with Gasteiger partial charge in [-0.15, -0.1) is 11.6 Å². The van der Waals surface area contributed by atoms with Gasteiger partial charge in [0, 0.05) is 11.9 Å². The van der Waals surface area contributed by atoms with Crippen LogP contribution >= 0.6 is 11.6 Å². The van der Waals surface area contributed by atoms with E-state index in [-0.39, 0.29) is 5.38 Å². The molecule has 1 aromatic rings. The van der Waals surface area contributed by atoms with Crippen LogP contribution < -0.4 is 5.32 Å². The summed E-state index contributed by atoms with van der Waals surface area (Å²) in [7, 11) is 0. The van der Waals surface area contributed by atoms with Crippen LogP contribution in [0, 0.1) is 0 Å². The molecule has 0 aliphatic heterocycles. The van der Waals surface area contributed by atoms with Crippen LogP contribution in [0.25, 0.3) is 0 Å². The van der Waals surface area contributed by atoms with E-state index in [2.05, 4.69) is 29.2 Å². The second kappa shape index (κ2) is 6.80. The third-order valence-electron chi connectivity index (χ3n) is 2.36. The van der Waals surface area contributed by atoms with Crippen LogP contribution in [0.4, 0.5) is 0 Å². The molecule has 0 spiro atoms. The lowest BCUT2D eigenvalue weighted by molar-refractivity contribution is 0.557. The third-order valence-corrected chi connectivity index (χ3v) is 2.88. The van der Waals surface area contributed by atoms with Crippen LogP contribution in [0.2, 0.25) is 0 Å². The molecule has 1 heterocycles. The molecule has 1 unspecified atom stereocenters. The van der Waals surface area contributed by atoms with E-state index >= 15 is 0 Å². The van der Waals surface area contributed by atoms with E-state index in [1.807, 2.05) is 4.68 Å². The topological polar surface area (TPSA) is 42.7 Å². The second-order valence-electron chi connectivity index (χ2n) is 3.46. The molecule has 0 fully saturated rings. The first-order chi connectivity index (χ1) is 7.27. The van der Waals surface area contributed by atoms with Gasteiger partial charge in [-0.05, 0) is 26.3 Å². The Hall–Kier alpha value is -0.610. The van der Waals surface area contributed by atoms with Crippen molar-refractivity contribution in [3.8, 4) is 0 Å². The standard InChI is InChI=1S/C10H19ClN4/c1-3-9(11)5-6-12-7-10-13-8-14-15(10)4-2/h8-9,12H,3-7H2,1-2H3. The molecule has 4 nitrogen and oxygen atoms in total. The van der Waals surface area contributed by atoms with Crippen molar-refractivity contribution >= 4 is 11.6 Å². The number of aryl methyl sites for hydroxylation is 1. The summed E-state index contributed by atoms with van der Waals surface area (Å²) >= 11 is 6.01. The van der Waals surface area contributed by atoms with E-state index in [1.54, 1.807) is 6.33 Å². The zero-order valence-corrected chi connectivity index (χ0v) is 10.2. The number of nitrogens with zero attached hydrogens (tertiary/aromatic N) is 3. The van der Waals surface area contributed by atoms with Gasteiger partial charge in [-0.2, -0.15) is 5.10 Å². The Bertz CT molecular complexity index is 274. The van der Waals surface area contributed by atoms with Crippen molar-refractivity contribution in [2.24, 2.45) is 0 Å². The first-order valence-electron chi connectivity index (χ1n) is 5.49. The highest BCUT2D eigenvalue weighted by Gasteiger charge is 2.03. The first kappa shape index (κ1) is 12.5. The van der Waals surface area contributed by atoms with Crippen LogP contribution in [0.3, 0.4) is 0 Å². The molecule has 1 aromatic heterocycles. The zero-order valence-electron chi connectivity index (χ0n) is 9.41. The molecule has 0 bridgehead atoms. The van der Waals surface area contributed by atoms with Gasteiger partial charge in [-0.1, -0.05) is 6.92 Å². The summed E-state index contributed by atoms with van der Waals surface area (Å²) in [4.78, 5) is 4.18. The lowest BCUT2D eigenvalue weighted by Crippen LogP contribution is -2.20. The van der Waals surface area contributed by atoms with Gasteiger partial charge in [0.2, 0.25) is 0 Å². The molecular formula is C10H19ClN4. The number of aromatic nitrogens is 3. The molecule has 86 valence electrons. The molecule has 0 saturated carbocycles. The predicted octanol–water partition coefficient (Wildman–Crippen LogP) is 1.80. The molecular weight excluding hydrogens is 212 g/mol. The molecule has 0 amide bonds. The van der Waals surface area contributed by atoms with Crippen LogP contribution in [0.15, 0.2) is 6.33 Å². The maximum atomic E-state index is 6.01. The first-order valence-corrected chi connectivity index (χ1v) is 5.93. The molecule has 0 aliphatic rings. The Morgan fingerprint density at radius 1 is 1.53 bits per heavy atom. The van der Waals surface area contributed by atoms with Crippen molar-refractivity contribution < 1.29 is 0 Å². The Kier molecular flexibility index (Phi) is 5.65. The highest BCUT2D eigenvalue weighted by Crippen LogP contribution is 2.04.